The molecule has 1 unspecified atom stereocenters. The Balaban J connectivity index is 2.33. The molecule has 0 aliphatic carbocycles. The van der Waals surface area contributed by atoms with Crippen molar-refractivity contribution in [3.05, 3.63) is 29.3 Å². The minimum atomic E-state index is -0.0747. The van der Waals surface area contributed by atoms with Crippen molar-refractivity contribution in [2.45, 2.75) is 19.8 Å². The molecule has 0 bridgehead atoms. The van der Waals surface area contributed by atoms with Crippen molar-refractivity contribution >= 4 is 17.4 Å². The summed E-state index contributed by atoms with van der Waals surface area (Å²) in [5.74, 6) is -0.0774. The van der Waals surface area contributed by atoms with Crippen LogP contribution in [0, 0.1) is 17.2 Å². The van der Waals surface area contributed by atoms with Crippen LogP contribution in [0.1, 0.15) is 35.7 Å². The van der Waals surface area contributed by atoms with Crippen LogP contribution in [-0.2, 0) is 4.79 Å². The normalized spacial score (nSPS) is 18.0. The maximum Gasteiger partial charge on any atom is 0.224 e. The first-order valence-corrected chi connectivity index (χ1v) is 7.08. The Kier molecular flexibility index (Phi) is 4.59. The first-order chi connectivity index (χ1) is 10.1. The van der Waals surface area contributed by atoms with E-state index in [1.807, 2.05) is 4.90 Å². The number of hydrogen-bond donors (Lipinski definition) is 1. The Bertz CT molecular complexity index is 604. The largest absolute Gasteiger partial charge is 0.370 e. The number of carbonyl (C=O) groups is 2. The predicted octanol–water partition coefficient (Wildman–Crippen LogP) is 1.72. The van der Waals surface area contributed by atoms with Gasteiger partial charge in [-0.05, 0) is 38.0 Å². The molecule has 110 valence electrons. The lowest BCUT2D eigenvalue weighted by molar-refractivity contribution is -0.124. The van der Waals surface area contributed by atoms with Crippen LogP contribution in [0.2, 0.25) is 0 Å². The molecule has 21 heavy (non-hydrogen) atoms. The van der Waals surface area contributed by atoms with Gasteiger partial charge in [0.15, 0.2) is 5.78 Å². The van der Waals surface area contributed by atoms with Crippen LogP contribution >= 0.6 is 0 Å². The Hall–Kier alpha value is -2.35. The molecule has 1 heterocycles. The standard InChI is InChI=1S/C16H19N3O2/c1-11(20)14-6-5-12(9-17)8-15(14)19-7-3-4-13(10-19)16(21)18-2/h5-6,8,13H,3-4,7,10H2,1-2H3,(H,18,21). The quantitative estimate of drug-likeness (QED) is 0.858. The third-order valence-corrected chi connectivity index (χ3v) is 3.89. The molecule has 2 rings (SSSR count). The van der Waals surface area contributed by atoms with Gasteiger partial charge in [-0.1, -0.05) is 0 Å². The SMILES string of the molecule is CNC(=O)C1CCCN(c2cc(C#N)ccc2C(C)=O)C1. The number of anilines is 1. The van der Waals surface area contributed by atoms with E-state index in [1.54, 1.807) is 25.2 Å². The zero-order valence-corrected chi connectivity index (χ0v) is 12.3. The molecule has 0 radical (unpaired) electrons. The lowest BCUT2D eigenvalue weighted by Crippen LogP contribution is -2.42. The number of nitrogens with one attached hydrogen (secondary N) is 1. The van der Waals surface area contributed by atoms with Crippen molar-refractivity contribution in [2.75, 3.05) is 25.0 Å². The van der Waals surface area contributed by atoms with Gasteiger partial charge in [-0.25, -0.2) is 0 Å². The number of amides is 1. The zero-order chi connectivity index (χ0) is 15.4. The molecule has 1 amide bonds. The summed E-state index contributed by atoms with van der Waals surface area (Å²) in [7, 11) is 1.64. The fourth-order valence-electron chi connectivity index (χ4n) is 2.77. The molecule has 1 N–H and O–H groups in total. The van der Waals surface area contributed by atoms with Crippen LogP contribution in [0.25, 0.3) is 0 Å². The monoisotopic (exact) mass is 285 g/mol. The van der Waals surface area contributed by atoms with Gasteiger partial charge in [0.25, 0.3) is 0 Å². The average molecular weight is 285 g/mol. The molecule has 5 nitrogen and oxygen atoms in total. The second kappa shape index (κ2) is 6.40. The van der Waals surface area contributed by atoms with Crippen LogP contribution in [-0.4, -0.2) is 31.8 Å². The summed E-state index contributed by atoms with van der Waals surface area (Å²) in [5.41, 5.74) is 1.89. The molecule has 1 aliphatic heterocycles. The lowest BCUT2D eigenvalue weighted by Gasteiger charge is -2.34. The number of nitriles is 1. The summed E-state index contributed by atoms with van der Waals surface area (Å²) >= 11 is 0. The van der Waals surface area contributed by atoms with Crippen molar-refractivity contribution in [2.24, 2.45) is 5.92 Å². The topological polar surface area (TPSA) is 73.2 Å². The molecule has 1 saturated heterocycles. The van der Waals surface area contributed by atoms with Crippen LogP contribution in [0.15, 0.2) is 18.2 Å². The third-order valence-electron chi connectivity index (χ3n) is 3.89. The molecular weight excluding hydrogens is 266 g/mol. The van der Waals surface area contributed by atoms with Gasteiger partial charge < -0.3 is 10.2 Å². The summed E-state index contributed by atoms with van der Waals surface area (Å²) in [4.78, 5) is 25.7. The highest BCUT2D eigenvalue weighted by molar-refractivity contribution is 6.00. The van der Waals surface area contributed by atoms with E-state index in [0.29, 0.717) is 17.7 Å². The van der Waals surface area contributed by atoms with Gasteiger partial charge in [0.1, 0.15) is 0 Å². The maximum absolute atomic E-state index is 11.8. The minimum Gasteiger partial charge on any atom is -0.370 e. The molecule has 1 aliphatic rings. The second-order valence-electron chi connectivity index (χ2n) is 5.30. The van der Waals surface area contributed by atoms with E-state index in [9.17, 15) is 9.59 Å². The molecular formula is C16H19N3O2. The number of ketones is 1. The van der Waals surface area contributed by atoms with Crippen LogP contribution < -0.4 is 10.2 Å². The zero-order valence-electron chi connectivity index (χ0n) is 12.3. The maximum atomic E-state index is 11.8. The van der Waals surface area contributed by atoms with E-state index in [2.05, 4.69) is 11.4 Å². The molecule has 0 saturated carbocycles. The van der Waals surface area contributed by atoms with Crippen molar-refractivity contribution in [3.8, 4) is 6.07 Å². The highest BCUT2D eigenvalue weighted by Crippen LogP contribution is 2.28. The van der Waals surface area contributed by atoms with Crippen LogP contribution in [0.4, 0.5) is 5.69 Å². The highest BCUT2D eigenvalue weighted by Gasteiger charge is 2.27. The van der Waals surface area contributed by atoms with Gasteiger partial charge in [0.2, 0.25) is 5.91 Å². The van der Waals surface area contributed by atoms with Gasteiger partial charge >= 0.3 is 0 Å². The van der Waals surface area contributed by atoms with Gasteiger partial charge in [0.05, 0.1) is 17.6 Å². The summed E-state index contributed by atoms with van der Waals surface area (Å²) in [5, 5.41) is 11.7. The minimum absolute atomic E-state index is 0.0283. The van der Waals surface area contributed by atoms with Crippen molar-refractivity contribution in [3.63, 3.8) is 0 Å². The number of benzene rings is 1. The first kappa shape index (κ1) is 15.0. The fourth-order valence-corrected chi connectivity index (χ4v) is 2.77. The summed E-state index contributed by atoms with van der Waals surface area (Å²) in [6, 6.07) is 7.19. The molecule has 1 aromatic carbocycles. The number of Topliss-reactive ketones (excluding diaryl/α,β-unsaturated/α-hetero) is 1. The Morgan fingerprint density at radius 3 is 2.81 bits per heavy atom. The third kappa shape index (κ3) is 3.22. The molecule has 1 fully saturated rings. The van der Waals surface area contributed by atoms with Crippen LogP contribution in [0.5, 0.6) is 0 Å². The van der Waals surface area contributed by atoms with E-state index in [0.717, 1.165) is 25.1 Å². The number of piperidine rings is 1. The van der Waals surface area contributed by atoms with E-state index in [4.69, 9.17) is 5.26 Å². The molecule has 0 spiro atoms. The smallest absolute Gasteiger partial charge is 0.224 e. The molecule has 0 aromatic heterocycles. The fraction of sp³-hybridized carbons (Fsp3) is 0.438. The Labute approximate surface area is 124 Å². The number of hydrogen-bond acceptors (Lipinski definition) is 4. The molecule has 1 aromatic rings. The molecule has 5 heteroatoms. The highest BCUT2D eigenvalue weighted by atomic mass is 16.1. The molecule has 1 atom stereocenters. The number of nitrogens with zero attached hydrogens (tertiary/aromatic N) is 2. The van der Waals surface area contributed by atoms with Gasteiger partial charge in [-0.2, -0.15) is 5.26 Å². The average Bonchev–Trinajstić information content (AvgIpc) is 2.53. The van der Waals surface area contributed by atoms with Crippen molar-refractivity contribution < 1.29 is 9.59 Å². The van der Waals surface area contributed by atoms with Crippen molar-refractivity contribution in [1.82, 2.24) is 5.32 Å². The number of carbonyl (C=O) groups excluding carboxylic acids is 2. The van der Waals surface area contributed by atoms with Gasteiger partial charge in [-0.15, -0.1) is 0 Å². The van der Waals surface area contributed by atoms with E-state index in [1.165, 1.54) is 6.92 Å². The van der Waals surface area contributed by atoms with E-state index < -0.39 is 0 Å². The summed E-state index contributed by atoms with van der Waals surface area (Å²) in [6.07, 6.45) is 1.75. The lowest BCUT2D eigenvalue weighted by atomic mass is 9.95. The van der Waals surface area contributed by atoms with Crippen LogP contribution in [0.3, 0.4) is 0 Å². The number of rotatable bonds is 3. The summed E-state index contributed by atoms with van der Waals surface area (Å²) in [6.45, 7) is 2.89. The predicted molar refractivity (Wildman–Crippen MR) is 80.2 cm³/mol. The van der Waals surface area contributed by atoms with Gasteiger partial charge in [0, 0.05) is 31.4 Å². The second-order valence-corrected chi connectivity index (χ2v) is 5.30. The Morgan fingerprint density at radius 2 is 2.19 bits per heavy atom. The Morgan fingerprint density at radius 1 is 1.43 bits per heavy atom. The van der Waals surface area contributed by atoms with E-state index >= 15 is 0 Å². The summed E-state index contributed by atoms with van der Waals surface area (Å²) < 4.78 is 0. The van der Waals surface area contributed by atoms with Crippen molar-refractivity contribution in [1.29, 1.82) is 5.26 Å². The van der Waals surface area contributed by atoms with Gasteiger partial charge in [-0.3, -0.25) is 9.59 Å². The first-order valence-electron chi connectivity index (χ1n) is 7.08. The van der Waals surface area contributed by atoms with E-state index in [-0.39, 0.29) is 17.6 Å².